The fourth-order valence-electron chi connectivity index (χ4n) is 1.34. The number of alkyl carbamates (subject to hydrolysis) is 1. The van der Waals surface area contributed by atoms with Gasteiger partial charge in [-0.05, 0) is 32.2 Å². The molecule has 1 rings (SSSR count). The number of carbonyl (C=O) groups excluding carboxylic acids is 1. The molecule has 1 heterocycles. The quantitative estimate of drug-likeness (QED) is 0.779. The van der Waals surface area contributed by atoms with Crippen LogP contribution in [-0.2, 0) is 4.74 Å². The average molecular weight is 273 g/mol. The summed E-state index contributed by atoms with van der Waals surface area (Å²) in [5, 5.41) is 23.5. The Morgan fingerprint density at radius 1 is 1.56 bits per heavy atom. The van der Waals surface area contributed by atoms with Gasteiger partial charge in [-0.25, -0.2) is 4.79 Å². The van der Waals surface area contributed by atoms with Gasteiger partial charge >= 0.3 is 6.09 Å². The lowest BCUT2D eigenvalue weighted by Gasteiger charge is -2.25. The van der Waals surface area contributed by atoms with Crippen molar-refractivity contribution in [2.45, 2.75) is 38.5 Å². The Balaban J connectivity index is 2.59. The molecule has 1 amide bonds. The van der Waals surface area contributed by atoms with Crippen molar-refractivity contribution >= 4 is 17.4 Å². The van der Waals surface area contributed by atoms with Crippen LogP contribution in [0.1, 0.15) is 31.8 Å². The van der Waals surface area contributed by atoms with E-state index < -0.39 is 23.8 Å². The largest absolute Gasteiger partial charge is 0.444 e. The Bertz CT molecular complexity index is 372. The number of aliphatic hydroxyl groups excluding tert-OH is 2. The van der Waals surface area contributed by atoms with Gasteiger partial charge in [0.05, 0.1) is 12.6 Å². The highest BCUT2D eigenvalue weighted by molar-refractivity contribution is 7.10. The smallest absolute Gasteiger partial charge is 0.408 e. The van der Waals surface area contributed by atoms with Crippen molar-refractivity contribution in [1.82, 2.24) is 5.32 Å². The van der Waals surface area contributed by atoms with Crippen molar-refractivity contribution in [2.24, 2.45) is 0 Å². The second-order valence-corrected chi connectivity index (χ2v) is 5.87. The number of aliphatic hydroxyl groups is 2. The first-order valence-electron chi connectivity index (χ1n) is 5.65. The first-order chi connectivity index (χ1) is 8.33. The molecular weight excluding hydrogens is 254 g/mol. The van der Waals surface area contributed by atoms with E-state index in [4.69, 9.17) is 4.74 Å². The lowest BCUT2D eigenvalue weighted by Crippen LogP contribution is -2.44. The molecule has 0 fully saturated rings. The monoisotopic (exact) mass is 273 g/mol. The molecule has 0 spiro atoms. The van der Waals surface area contributed by atoms with Crippen molar-refractivity contribution in [1.29, 1.82) is 0 Å². The highest BCUT2D eigenvalue weighted by Gasteiger charge is 2.25. The third kappa shape index (κ3) is 4.64. The van der Waals surface area contributed by atoms with Gasteiger partial charge in [0, 0.05) is 4.88 Å². The zero-order valence-corrected chi connectivity index (χ0v) is 11.5. The number of hydrogen-bond donors (Lipinski definition) is 3. The number of ether oxygens (including phenoxy) is 1. The molecule has 0 unspecified atom stereocenters. The molecule has 5 nitrogen and oxygen atoms in total. The number of amides is 1. The minimum absolute atomic E-state index is 0.363. The van der Waals surface area contributed by atoms with Crippen LogP contribution < -0.4 is 5.32 Å². The number of thiophene rings is 1. The zero-order valence-electron chi connectivity index (χ0n) is 10.7. The Labute approximate surface area is 110 Å². The van der Waals surface area contributed by atoms with Crippen LogP contribution in [0.2, 0.25) is 0 Å². The van der Waals surface area contributed by atoms with Crippen LogP contribution in [0.3, 0.4) is 0 Å². The second kappa shape index (κ2) is 6.17. The maximum Gasteiger partial charge on any atom is 0.408 e. The van der Waals surface area contributed by atoms with Gasteiger partial charge in [-0.2, -0.15) is 0 Å². The summed E-state index contributed by atoms with van der Waals surface area (Å²) in [6.45, 7) is 4.88. The molecule has 0 saturated carbocycles. The third-order valence-electron chi connectivity index (χ3n) is 2.11. The topological polar surface area (TPSA) is 78.8 Å². The molecule has 0 saturated heterocycles. The first-order valence-corrected chi connectivity index (χ1v) is 6.53. The predicted octanol–water partition coefficient (Wildman–Crippen LogP) is 1.67. The number of hydrogen-bond acceptors (Lipinski definition) is 5. The summed E-state index contributed by atoms with van der Waals surface area (Å²) >= 11 is 1.36. The molecule has 6 heteroatoms. The number of carbonyl (C=O) groups is 1. The lowest BCUT2D eigenvalue weighted by molar-refractivity contribution is 0.0355. The van der Waals surface area contributed by atoms with Gasteiger partial charge in [0.2, 0.25) is 0 Å². The minimum atomic E-state index is -0.942. The van der Waals surface area contributed by atoms with Crippen LogP contribution in [0.15, 0.2) is 17.5 Å². The van der Waals surface area contributed by atoms with E-state index in [0.29, 0.717) is 4.88 Å². The van der Waals surface area contributed by atoms with Crippen LogP contribution in [-0.4, -0.2) is 34.6 Å². The van der Waals surface area contributed by atoms with Gasteiger partial charge in [0.1, 0.15) is 11.7 Å². The molecule has 0 aliphatic carbocycles. The molecule has 3 N–H and O–H groups in total. The van der Waals surface area contributed by atoms with E-state index in [-0.39, 0.29) is 6.61 Å². The highest BCUT2D eigenvalue weighted by atomic mass is 32.1. The Morgan fingerprint density at radius 3 is 2.67 bits per heavy atom. The number of rotatable bonds is 4. The average Bonchev–Trinajstić information content (AvgIpc) is 2.75. The van der Waals surface area contributed by atoms with E-state index in [9.17, 15) is 15.0 Å². The SMILES string of the molecule is CC(C)(C)OC(=O)N[C@@H](CO)[C@H](O)c1cccs1. The predicted molar refractivity (Wildman–Crippen MR) is 69.5 cm³/mol. The molecule has 0 bridgehead atoms. The van der Waals surface area contributed by atoms with Crippen LogP contribution in [0.4, 0.5) is 4.79 Å². The lowest BCUT2D eigenvalue weighted by atomic mass is 10.1. The molecule has 1 aromatic heterocycles. The van der Waals surface area contributed by atoms with Crippen molar-refractivity contribution in [3.05, 3.63) is 22.4 Å². The molecule has 102 valence electrons. The Kier molecular flexibility index (Phi) is 5.13. The summed E-state index contributed by atoms with van der Waals surface area (Å²) in [5.74, 6) is 0. The fourth-order valence-corrected chi connectivity index (χ4v) is 2.12. The molecule has 2 atom stereocenters. The van der Waals surface area contributed by atoms with Crippen LogP contribution in [0.25, 0.3) is 0 Å². The van der Waals surface area contributed by atoms with E-state index in [2.05, 4.69) is 5.32 Å². The van der Waals surface area contributed by atoms with Crippen LogP contribution >= 0.6 is 11.3 Å². The minimum Gasteiger partial charge on any atom is -0.444 e. The summed E-state index contributed by atoms with van der Waals surface area (Å²) in [6, 6.07) is 2.76. The highest BCUT2D eigenvalue weighted by Crippen LogP contribution is 2.22. The van der Waals surface area contributed by atoms with E-state index >= 15 is 0 Å². The molecule has 0 aliphatic heterocycles. The van der Waals surface area contributed by atoms with Gasteiger partial charge in [0.15, 0.2) is 0 Å². The molecule has 1 aromatic rings. The summed E-state index contributed by atoms with van der Waals surface area (Å²) in [6.07, 6.45) is -1.60. The number of nitrogens with one attached hydrogen (secondary N) is 1. The van der Waals surface area contributed by atoms with Gasteiger partial charge in [-0.1, -0.05) is 6.07 Å². The summed E-state index contributed by atoms with van der Waals surface area (Å²) in [4.78, 5) is 12.2. The van der Waals surface area contributed by atoms with Crippen molar-refractivity contribution in [3.63, 3.8) is 0 Å². The standard InChI is InChI=1S/C12H19NO4S/c1-12(2,3)17-11(16)13-8(7-14)10(15)9-5-4-6-18-9/h4-6,8,10,14-15H,7H2,1-3H3,(H,13,16)/t8-,10-/m0/s1. The van der Waals surface area contributed by atoms with Crippen LogP contribution in [0, 0.1) is 0 Å². The van der Waals surface area contributed by atoms with Gasteiger partial charge in [-0.15, -0.1) is 11.3 Å². The summed E-state index contributed by atoms with van der Waals surface area (Å²) < 4.78 is 5.07. The maximum absolute atomic E-state index is 11.5. The summed E-state index contributed by atoms with van der Waals surface area (Å²) in [7, 11) is 0. The van der Waals surface area contributed by atoms with Gasteiger partial charge < -0.3 is 20.3 Å². The molecule has 0 aromatic carbocycles. The molecular formula is C12H19NO4S. The molecule has 0 radical (unpaired) electrons. The maximum atomic E-state index is 11.5. The van der Waals surface area contributed by atoms with E-state index in [1.807, 2.05) is 5.38 Å². The zero-order chi connectivity index (χ0) is 13.8. The normalized spacial score (nSPS) is 14.9. The van der Waals surface area contributed by atoms with Gasteiger partial charge in [0.25, 0.3) is 0 Å². The fraction of sp³-hybridized carbons (Fsp3) is 0.583. The third-order valence-corrected chi connectivity index (χ3v) is 3.06. The summed E-state index contributed by atoms with van der Waals surface area (Å²) in [5.41, 5.74) is -0.613. The first kappa shape index (κ1) is 14.9. The van der Waals surface area contributed by atoms with Gasteiger partial charge in [-0.3, -0.25) is 0 Å². The molecule has 18 heavy (non-hydrogen) atoms. The van der Waals surface area contributed by atoms with Crippen molar-refractivity contribution in [2.75, 3.05) is 6.61 Å². The Hall–Kier alpha value is -1.11. The van der Waals surface area contributed by atoms with Crippen molar-refractivity contribution in [3.8, 4) is 0 Å². The Morgan fingerprint density at radius 2 is 2.22 bits per heavy atom. The van der Waals surface area contributed by atoms with Crippen LogP contribution in [0.5, 0.6) is 0 Å². The second-order valence-electron chi connectivity index (χ2n) is 4.90. The van der Waals surface area contributed by atoms with E-state index in [0.717, 1.165) is 0 Å². The van der Waals surface area contributed by atoms with E-state index in [1.54, 1.807) is 32.9 Å². The van der Waals surface area contributed by atoms with Crippen molar-refractivity contribution < 1.29 is 19.7 Å². The molecule has 0 aliphatic rings. The van der Waals surface area contributed by atoms with E-state index in [1.165, 1.54) is 11.3 Å².